The third kappa shape index (κ3) is 5.80. The molecule has 0 atom stereocenters. The highest BCUT2D eigenvalue weighted by molar-refractivity contribution is 7.99. The van der Waals surface area contributed by atoms with E-state index in [4.69, 9.17) is 18.9 Å². The van der Waals surface area contributed by atoms with E-state index in [2.05, 4.69) is 5.32 Å². The van der Waals surface area contributed by atoms with Gasteiger partial charge in [0, 0.05) is 17.2 Å². The molecule has 8 heteroatoms. The van der Waals surface area contributed by atoms with E-state index in [0.29, 0.717) is 37.0 Å². The average molecular weight is 417 g/mol. The normalized spacial score (nSPS) is 12.2. The molecule has 7 nitrogen and oxygen atoms in total. The molecule has 0 saturated carbocycles. The zero-order valence-corrected chi connectivity index (χ0v) is 17.2. The molecule has 29 heavy (non-hydrogen) atoms. The van der Waals surface area contributed by atoms with E-state index in [0.717, 1.165) is 10.6 Å². The Morgan fingerprint density at radius 2 is 1.90 bits per heavy atom. The van der Waals surface area contributed by atoms with Gasteiger partial charge in [0.15, 0.2) is 18.1 Å². The Balaban J connectivity index is 1.44. The van der Waals surface area contributed by atoms with Gasteiger partial charge in [-0.2, -0.15) is 0 Å². The van der Waals surface area contributed by atoms with Crippen molar-refractivity contribution in [1.29, 1.82) is 0 Å². The van der Waals surface area contributed by atoms with Gasteiger partial charge in [0.05, 0.1) is 12.7 Å². The van der Waals surface area contributed by atoms with Gasteiger partial charge in [-0.15, -0.1) is 11.8 Å². The van der Waals surface area contributed by atoms with Gasteiger partial charge in [0.2, 0.25) is 5.75 Å². The largest absolute Gasteiger partial charge is 0.493 e. The van der Waals surface area contributed by atoms with E-state index in [9.17, 15) is 9.59 Å². The maximum absolute atomic E-state index is 12.3. The number of carbonyl (C=O) groups is 2. The molecule has 0 aromatic heterocycles. The molecule has 0 spiro atoms. The zero-order chi connectivity index (χ0) is 20.6. The number of fused-ring (bicyclic) bond motifs is 1. The number of ether oxygens (including phenoxy) is 4. The van der Waals surface area contributed by atoms with Crippen LogP contribution in [-0.2, 0) is 9.53 Å². The van der Waals surface area contributed by atoms with Crippen molar-refractivity contribution in [3.05, 3.63) is 47.5 Å². The summed E-state index contributed by atoms with van der Waals surface area (Å²) in [7, 11) is 1.48. The molecule has 0 saturated heterocycles. The predicted molar refractivity (Wildman–Crippen MR) is 109 cm³/mol. The first-order valence-corrected chi connectivity index (χ1v) is 10.2. The van der Waals surface area contributed by atoms with Gasteiger partial charge in [-0.25, -0.2) is 4.79 Å². The molecule has 0 unspecified atom stereocenters. The van der Waals surface area contributed by atoms with E-state index in [1.807, 2.05) is 31.2 Å². The minimum Gasteiger partial charge on any atom is -0.493 e. The van der Waals surface area contributed by atoms with Crippen LogP contribution in [-0.4, -0.2) is 51.1 Å². The molecule has 2 aromatic rings. The highest BCUT2D eigenvalue weighted by atomic mass is 32.2. The van der Waals surface area contributed by atoms with Crippen LogP contribution in [0.1, 0.15) is 15.9 Å². The van der Waals surface area contributed by atoms with E-state index in [1.165, 1.54) is 24.8 Å². The Labute approximate surface area is 173 Å². The Morgan fingerprint density at radius 3 is 2.66 bits per heavy atom. The summed E-state index contributed by atoms with van der Waals surface area (Å²) >= 11 is 1.65. The zero-order valence-electron chi connectivity index (χ0n) is 16.4. The van der Waals surface area contributed by atoms with Crippen LogP contribution in [0.2, 0.25) is 0 Å². The molecule has 1 amide bonds. The molecule has 3 rings (SSSR count). The number of hydrogen-bond acceptors (Lipinski definition) is 7. The number of rotatable bonds is 8. The number of amides is 1. The summed E-state index contributed by atoms with van der Waals surface area (Å²) in [5, 5.41) is 2.74. The van der Waals surface area contributed by atoms with Crippen molar-refractivity contribution in [3.8, 4) is 17.2 Å². The summed E-state index contributed by atoms with van der Waals surface area (Å²) < 4.78 is 21.3. The molecule has 1 N–H and O–H groups in total. The molecular weight excluding hydrogens is 394 g/mol. The lowest BCUT2D eigenvalue weighted by Crippen LogP contribution is -2.30. The van der Waals surface area contributed by atoms with Crippen LogP contribution in [0.5, 0.6) is 17.2 Å². The van der Waals surface area contributed by atoms with Gasteiger partial charge in [-0.1, -0.05) is 17.7 Å². The fraction of sp³-hybridized carbons (Fsp3) is 0.333. The maximum Gasteiger partial charge on any atom is 0.338 e. The van der Waals surface area contributed by atoms with Crippen LogP contribution in [0, 0.1) is 6.92 Å². The summed E-state index contributed by atoms with van der Waals surface area (Å²) in [5.74, 6) is 0.991. The van der Waals surface area contributed by atoms with Gasteiger partial charge in [0.25, 0.3) is 5.91 Å². The number of carbonyl (C=O) groups excluding carboxylic acids is 2. The van der Waals surface area contributed by atoms with E-state index >= 15 is 0 Å². The number of nitrogens with one attached hydrogen (secondary N) is 1. The summed E-state index contributed by atoms with van der Waals surface area (Å²) in [6, 6.07) is 11.2. The highest BCUT2D eigenvalue weighted by Gasteiger charge is 2.22. The number of methoxy groups -OCH3 is 1. The Morgan fingerprint density at radius 1 is 1.14 bits per heavy atom. The molecule has 0 bridgehead atoms. The van der Waals surface area contributed by atoms with Crippen molar-refractivity contribution in [3.63, 3.8) is 0 Å². The minimum atomic E-state index is -0.635. The minimum absolute atomic E-state index is 0.230. The van der Waals surface area contributed by atoms with Crippen molar-refractivity contribution >= 4 is 23.6 Å². The molecule has 1 heterocycles. The first-order chi connectivity index (χ1) is 14.1. The molecule has 0 aliphatic carbocycles. The topological polar surface area (TPSA) is 83.1 Å². The Kier molecular flexibility index (Phi) is 7.24. The second-order valence-corrected chi connectivity index (χ2v) is 7.46. The quantitative estimate of drug-likeness (QED) is 0.402. The fourth-order valence-electron chi connectivity index (χ4n) is 2.65. The monoisotopic (exact) mass is 417 g/mol. The third-order valence-corrected chi connectivity index (χ3v) is 5.13. The van der Waals surface area contributed by atoms with Crippen molar-refractivity contribution in [2.45, 2.75) is 11.8 Å². The van der Waals surface area contributed by atoms with Crippen molar-refractivity contribution in [2.24, 2.45) is 0 Å². The molecule has 154 valence electrons. The molecule has 0 radical (unpaired) electrons. The lowest BCUT2D eigenvalue weighted by molar-refractivity contribution is -0.124. The number of aryl methyl sites for hydroxylation is 1. The fourth-order valence-corrected chi connectivity index (χ4v) is 3.42. The molecule has 2 aromatic carbocycles. The summed E-state index contributed by atoms with van der Waals surface area (Å²) in [6.45, 7) is 2.96. The number of esters is 1. The van der Waals surface area contributed by atoms with Crippen LogP contribution in [0.4, 0.5) is 0 Å². The Bertz CT molecular complexity index is 851. The predicted octanol–water partition coefficient (Wildman–Crippen LogP) is 2.84. The van der Waals surface area contributed by atoms with Gasteiger partial charge >= 0.3 is 5.97 Å². The second-order valence-electron chi connectivity index (χ2n) is 6.29. The van der Waals surface area contributed by atoms with Crippen LogP contribution in [0.25, 0.3) is 0 Å². The van der Waals surface area contributed by atoms with Gasteiger partial charge < -0.3 is 24.3 Å². The van der Waals surface area contributed by atoms with Crippen LogP contribution < -0.4 is 19.5 Å². The van der Waals surface area contributed by atoms with Crippen LogP contribution in [0.15, 0.2) is 41.3 Å². The van der Waals surface area contributed by atoms with E-state index in [1.54, 1.807) is 11.8 Å². The third-order valence-electron chi connectivity index (χ3n) is 4.11. The lowest BCUT2D eigenvalue weighted by Gasteiger charge is -2.21. The van der Waals surface area contributed by atoms with Gasteiger partial charge in [0.1, 0.15) is 13.2 Å². The molecule has 0 fully saturated rings. The lowest BCUT2D eigenvalue weighted by atomic mass is 10.1. The first kappa shape index (κ1) is 20.9. The summed E-state index contributed by atoms with van der Waals surface area (Å²) in [5.41, 5.74) is 1.44. The molecular formula is C21H23NO6S. The number of benzene rings is 2. The van der Waals surface area contributed by atoms with Gasteiger partial charge in [-0.05, 0) is 31.2 Å². The van der Waals surface area contributed by atoms with Crippen LogP contribution in [0.3, 0.4) is 0 Å². The SMILES string of the molecule is COc1cc(C(=O)OCC(=O)NCCSc2ccc(C)cc2)cc2c1OCCO2. The average Bonchev–Trinajstić information content (AvgIpc) is 2.75. The maximum atomic E-state index is 12.3. The summed E-state index contributed by atoms with van der Waals surface area (Å²) in [6.07, 6.45) is 0. The number of thioether (sulfide) groups is 1. The highest BCUT2D eigenvalue weighted by Crippen LogP contribution is 2.40. The van der Waals surface area contributed by atoms with Crippen molar-refractivity contribution in [2.75, 3.05) is 39.2 Å². The Hall–Kier alpha value is -2.87. The van der Waals surface area contributed by atoms with Crippen molar-refractivity contribution < 1.29 is 28.5 Å². The first-order valence-electron chi connectivity index (χ1n) is 9.17. The number of hydrogen-bond donors (Lipinski definition) is 1. The molecule has 1 aliphatic rings. The van der Waals surface area contributed by atoms with Crippen molar-refractivity contribution in [1.82, 2.24) is 5.32 Å². The smallest absolute Gasteiger partial charge is 0.338 e. The van der Waals surface area contributed by atoms with Gasteiger partial charge in [-0.3, -0.25) is 4.79 Å². The van der Waals surface area contributed by atoms with E-state index < -0.39 is 5.97 Å². The van der Waals surface area contributed by atoms with Crippen LogP contribution >= 0.6 is 11.8 Å². The standard InChI is InChI=1S/C21H23NO6S/c1-14-3-5-16(6-4-14)29-10-7-22-19(23)13-28-21(24)15-11-17(25-2)20-18(12-15)26-8-9-27-20/h3-6,11-12H,7-10,13H2,1-2H3,(H,22,23). The molecule has 1 aliphatic heterocycles. The van der Waals surface area contributed by atoms with E-state index in [-0.39, 0.29) is 18.1 Å². The summed E-state index contributed by atoms with van der Waals surface area (Å²) in [4.78, 5) is 25.4. The second kappa shape index (κ2) is 10.1.